The van der Waals surface area contributed by atoms with Crippen LogP contribution in [0.4, 0.5) is 5.82 Å². The molecular weight excluding hydrogens is 242 g/mol. The van der Waals surface area contributed by atoms with Crippen molar-refractivity contribution in [2.45, 2.75) is 13.8 Å². The maximum Gasteiger partial charge on any atom is 0.182 e. The average Bonchev–Trinajstić information content (AvgIpc) is 2.93. The number of furan rings is 1. The molecule has 19 heavy (non-hydrogen) atoms. The van der Waals surface area contributed by atoms with Gasteiger partial charge >= 0.3 is 0 Å². The summed E-state index contributed by atoms with van der Waals surface area (Å²) in [5.41, 5.74) is 8.17. The van der Waals surface area contributed by atoms with Crippen molar-refractivity contribution in [1.82, 2.24) is 10.1 Å². The molecule has 0 aromatic carbocycles. The Bertz CT molecular complexity index is 714. The Morgan fingerprint density at radius 3 is 2.68 bits per heavy atom. The van der Waals surface area contributed by atoms with E-state index >= 15 is 0 Å². The van der Waals surface area contributed by atoms with E-state index in [0.29, 0.717) is 17.1 Å². The van der Waals surface area contributed by atoms with Gasteiger partial charge < -0.3 is 14.7 Å². The minimum Gasteiger partial charge on any atom is -0.466 e. The van der Waals surface area contributed by atoms with Crippen LogP contribution in [0.25, 0.3) is 22.6 Å². The number of hydrogen-bond donors (Lipinski definition) is 1. The van der Waals surface area contributed by atoms with Crippen molar-refractivity contribution in [2.24, 2.45) is 0 Å². The smallest absolute Gasteiger partial charge is 0.182 e. The van der Waals surface area contributed by atoms with E-state index in [4.69, 9.17) is 14.7 Å². The molecule has 0 fully saturated rings. The third-order valence-electron chi connectivity index (χ3n) is 2.93. The van der Waals surface area contributed by atoms with Crippen LogP contribution in [-0.4, -0.2) is 10.1 Å². The molecule has 0 radical (unpaired) electrons. The number of rotatable bonds is 2. The summed E-state index contributed by atoms with van der Waals surface area (Å²) in [5, 5.41) is 3.84. The molecule has 96 valence electrons. The second-order valence-corrected chi connectivity index (χ2v) is 4.31. The van der Waals surface area contributed by atoms with E-state index in [9.17, 15) is 0 Å². The molecular formula is C14H13N3O2. The first kappa shape index (κ1) is 11.5. The van der Waals surface area contributed by atoms with Gasteiger partial charge in [0, 0.05) is 6.20 Å². The summed E-state index contributed by atoms with van der Waals surface area (Å²) in [7, 11) is 0. The first-order valence-electron chi connectivity index (χ1n) is 5.91. The summed E-state index contributed by atoms with van der Waals surface area (Å²) in [6.07, 6.45) is 1.71. The van der Waals surface area contributed by atoms with Gasteiger partial charge in [0.2, 0.25) is 0 Å². The Labute approximate surface area is 110 Å². The van der Waals surface area contributed by atoms with Crippen LogP contribution < -0.4 is 5.73 Å². The highest BCUT2D eigenvalue weighted by Gasteiger charge is 2.21. The van der Waals surface area contributed by atoms with E-state index in [1.54, 1.807) is 6.20 Å². The molecule has 0 saturated carbocycles. The van der Waals surface area contributed by atoms with Gasteiger partial charge in [-0.25, -0.2) is 0 Å². The largest absolute Gasteiger partial charge is 0.466 e. The number of pyridine rings is 1. The monoisotopic (exact) mass is 255 g/mol. The number of hydrogen-bond acceptors (Lipinski definition) is 5. The van der Waals surface area contributed by atoms with Crippen molar-refractivity contribution in [3.63, 3.8) is 0 Å². The highest BCUT2D eigenvalue weighted by atomic mass is 16.5. The Balaban J connectivity index is 2.22. The maximum atomic E-state index is 5.89. The average molecular weight is 255 g/mol. The van der Waals surface area contributed by atoms with Crippen LogP contribution in [0.2, 0.25) is 0 Å². The zero-order valence-electron chi connectivity index (χ0n) is 10.7. The first-order valence-corrected chi connectivity index (χ1v) is 5.91. The van der Waals surface area contributed by atoms with Crippen molar-refractivity contribution in [1.29, 1.82) is 0 Å². The van der Waals surface area contributed by atoms with Crippen molar-refractivity contribution in [2.75, 3.05) is 5.73 Å². The summed E-state index contributed by atoms with van der Waals surface area (Å²) in [4.78, 5) is 4.29. The number of aromatic nitrogens is 2. The highest BCUT2D eigenvalue weighted by molar-refractivity contribution is 5.85. The second-order valence-electron chi connectivity index (χ2n) is 4.31. The first-order chi connectivity index (χ1) is 9.16. The number of aryl methyl sites for hydroxylation is 2. The molecule has 0 aliphatic rings. The SMILES string of the molecule is Cc1cc(-c2onc(N)c2-c2ccccn2)c(C)o1. The van der Waals surface area contributed by atoms with Crippen LogP contribution in [0.15, 0.2) is 39.4 Å². The topological polar surface area (TPSA) is 78.1 Å². The Morgan fingerprint density at radius 1 is 1.21 bits per heavy atom. The van der Waals surface area contributed by atoms with Crippen molar-refractivity contribution >= 4 is 5.82 Å². The molecule has 0 spiro atoms. The summed E-state index contributed by atoms with van der Waals surface area (Å²) < 4.78 is 10.9. The second kappa shape index (κ2) is 4.28. The quantitative estimate of drug-likeness (QED) is 0.760. The Morgan fingerprint density at radius 2 is 2.05 bits per heavy atom. The predicted molar refractivity (Wildman–Crippen MR) is 71.3 cm³/mol. The van der Waals surface area contributed by atoms with E-state index in [1.165, 1.54) is 0 Å². The standard InChI is InChI=1S/C14H13N3O2/c1-8-7-10(9(2)18-8)13-12(14(15)17-19-13)11-5-3-4-6-16-11/h3-7H,1-2H3,(H2,15,17). The normalized spacial score (nSPS) is 10.8. The van der Waals surface area contributed by atoms with Crippen LogP contribution in [0.1, 0.15) is 11.5 Å². The van der Waals surface area contributed by atoms with Gasteiger partial charge in [0.1, 0.15) is 11.5 Å². The van der Waals surface area contributed by atoms with Crippen molar-refractivity contribution in [3.05, 3.63) is 42.0 Å². The minimum absolute atomic E-state index is 0.326. The molecule has 0 aliphatic heterocycles. The van der Waals surface area contributed by atoms with E-state index in [1.807, 2.05) is 38.1 Å². The lowest BCUT2D eigenvalue weighted by Gasteiger charge is -2.00. The van der Waals surface area contributed by atoms with Crippen molar-refractivity contribution in [3.8, 4) is 22.6 Å². The molecule has 5 heteroatoms. The molecule has 3 heterocycles. The van der Waals surface area contributed by atoms with Gasteiger partial charge in [0.05, 0.1) is 16.8 Å². The van der Waals surface area contributed by atoms with Crippen LogP contribution in [0.5, 0.6) is 0 Å². The lowest BCUT2D eigenvalue weighted by Crippen LogP contribution is -1.90. The van der Waals surface area contributed by atoms with Crippen molar-refractivity contribution < 1.29 is 8.94 Å². The van der Waals surface area contributed by atoms with Gasteiger partial charge in [-0.05, 0) is 32.0 Å². The van der Waals surface area contributed by atoms with Crippen LogP contribution in [-0.2, 0) is 0 Å². The van der Waals surface area contributed by atoms with E-state index in [0.717, 1.165) is 22.8 Å². The van der Waals surface area contributed by atoms with Gasteiger partial charge in [-0.1, -0.05) is 11.2 Å². The predicted octanol–water partition coefficient (Wildman–Crippen LogP) is 3.20. The lowest BCUT2D eigenvalue weighted by atomic mass is 10.1. The highest BCUT2D eigenvalue weighted by Crippen LogP contribution is 2.37. The zero-order chi connectivity index (χ0) is 13.4. The minimum atomic E-state index is 0.326. The molecule has 0 bridgehead atoms. The number of nitrogens with zero attached hydrogens (tertiary/aromatic N) is 2. The fourth-order valence-electron chi connectivity index (χ4n) is 2.10. The van der Waals surface area contributed by atoms with Crippen LogP contribution >= 0.6 is 0 Å². The molecule has 0 amide bonds. The third-order valence-corrected chi connectivity index (χ3v) is 2.93. The molecule has 0 saturated heterocycles. The van der Waals surface area contributed by atoms with E-state index in [-0.39, 0.29) is 0 Å². The summed E-state index contributed by atoms with van der Waals surface area (Å²) in [5.74, 6) is 2.50. The van der Waals surface area contributed by atoms with Crippen LogP contribution in [0.3, 0.4) is 0 Å². The molecule has 0 unspecified atom stereocenters. The molecule has 3 aromatic heterocycles. The maximum absolute atomic E-state index is 5.89. The number of nitrogen functional groups attached to an aromatic ring is 1. The fourth-order valence-corrected chi connectivity index (χ4v) is 2.10. The summed E-state index contributed by atoms with van der Waals surface area (Å²) in [6, 6.07) is 7.52. The molecule has 3 rings (SSSR count). The summed E-state index contributed by atoms with van der Waals surface area (Å²) in [6.45, 7) is 3.76. The van der Waals surface area contributed by atoms with Gasteiger partial charge in [0.15, 0.2) is 11.6 Å². The molecule has 0 aliphatic carbocycles. The molecule has 2 N–H and O–H groups in total. The van der Waals surface area contributed by atoms with Gasteiger partial charge in [-0.3, -0.25) is 4.98 Å². The fraction of sp³-hybridized carbons (Fsp3) is 0.143. The number of anilines is 1. The van der Waals surface area contributed by atoms with Gasteiger partial charge in [-0.2, -0.15) is 0 Å². The third kappa shape index (κ3) is 1.89. The Hall–Kier alpha value is -2.56. The lowest BCUT2D eigenvalue weighted by molar-refractivity contribution is 0.434. The molecule has 0 atom stereocenters. The van der Waals surface area contributed by atoms with Crippen LogP contribution in [0, 0.1) is 13.8 Å². The van der Waals surface area contributed by atoms with E-state index in [2.05, 4.69) is 10.1 Å². The number of nitrogens with two attached hydrogens (primary N) is 1. The zero-order valence-corrected chi connectivity index (χ0v) is 10.7. The van der Waals surface area contributed by atoms with Gasteiger partial charge in [0.25, 0.3) is 0 Å². The van der Waals surface area contributed by atoms with Gasteiger partial charge in [-0.15, -0.1) is 0 Å². The molecule has 3 aromatic rings. The summed E-state index contributed by atoms with van der Waals surface area (Å²) >= 11 is 0. The Kier molecular flexibility index (Phi) is 2.59. The van der Waals surface area contributed by atoms with E-state index < -0.39 is 0 Å². The molecule has 5 nitrogen and oxygen atoms in total.